The van der Waals surface area contributed by atoms with Crippen molar-refractivity contribution in [2.75, 3.05) is 0 Å². The average molecular weight is 320 g/mol. The lowest BCUT2D eigenvalue weighted by atomic mass is 10.3. The summed E-state index contributed by atoms with van der Waals surface area (Å²) in [5.41, 5.74) is 1.07. The molecule has 6 heteroatoms. The fourth-order valence-corrected chi connectivity index (χ4v) is 2.08. The number of hydrogen-bond acceptors (Lipinski definition) is 2. The minimum absolute atomic E-state index is 0.455. The molecule has 0 spiro atoms. The van der Waals surface area contributed by atoms with E-state index in [9.17, 15) is 4.79 Å². The first-order valence-corrected chi connectivity index (χ1v) is 5.82. The molecule has 0 aliphatic carbocycles. The largest absolute Gasteiger partial charge is 0.298 e. The summed E-state index contributed by atoms with van der Waals surface area (Å²) >= 11 is 15.2. The van der Waals surface area contributed by atoms with E-state index in [4.69, 9.17) is 23.2 Å². The number of aromatic nitrogens is 2. The predicted octanol–water partition coefficient (Wildman–Crippen LogP) is 3.75. The minimum Gasteiger partial charge on any atom is -0.298 e. The lowest BCUT2D eigenvalue weighted by Crippen LogP contribution is -1.97. The third kappa shape index (κ3) is 2.00. The van der Waals surface area contributed by atoms with Crippen molar-refractivity contribution in [3.63, 3.8) is 0 Å². The number of nitrogens with zero attached hydrogens (tertiary/aromatic N) is 2. The van der Waals surface area contributed by atoms with Crippen LogP contribution in [0.25, 0.3) is 5.69 Å². The van der Waals surface area contributed by atoms with Crippen LogP contribution in [0.5, 0.6) is 0 Å². The Kier molecular flexibility index (Phi) is 3.33. The smallest absolute Gasteiger partial charge is 0.154 e. The lowest BCUT2D eigenvalue weighted by molar-refractivity contribution is 0.112. The topological polar surface area (TPSA) is 34.9 Å². The van der Waals surface area contributed by atoms with E-state index in [1.807, 2.05) is 0 Å². The second-order valence-corrected chi connectivity index (χ2v) is 4.61. The zero-order chi connectivity index (χ0) is 11.7. The van der Waals surface area contributed by atoms with Crippen molar-refractivity contribution in [3.8, 4) is 5.69 Å². The summed E-state index contributed by atoms with van der Waals surface area (Å²) in [6.45, 7) is 0. The van der Waals surface area contributed by atoms with E-state index >= 15 is 0 Å². The molecule has 1 aromatic heterocycles. The van der Waals surface area contributed by atoms with Gasteiger partial charge in [-0.3, -0.25) is 4.79 Å². The molecule has 0 atom stereocenters. The molecule has 16 heavy (non-hydrogen) atoms. The molecule has 0 N–H and O–H groups in total. The fourth-order valence-electron chi connectivity index (χ4n) is 1.24. The van der Waals surface area contributed by atoms with Crippen LogP contribution in [-0.2, 0) is 0 Å². The van der Waals surface area contributed by atoms with E-state index in [2.05, 4.69) is 21.0 Å². The summed E-state index contributed by atoms with van der Waals surface area (Å²) in [7, 11) is 0. The van der Waals surface area contributed by atoms with Crippen molar-refractivity contribution in [1.82, 2.24) is 9.78 Å². The Balaban J connectivity index is 2.62. The highest BCUT2D eigenvalue weighted by Gasteiger charge is 2.11. The predicted molar refractivity (Wildman–Crippen MR) is 66.7 cm³/mol. The summed E-state index contributed by atoms with van der Waals surface area (Å²) < 4.78 is 2.06. The van der Waals surface area contributed by atoms with Gasteiger partial charge in [0.1, 0.15) is 4.60 Å². The SMILES string of the molecule is O=Cc1cnn(-c2cc(Cl)ccc2Cl)c1Br. The van der Waals surface area contributed by atoms with Crippen LogP contribution in [-0.4, -0.2) is 16.1 Å². The van der Waals surface area contributed by atoms with Gasteiger partial charge >= 0.3 is 0 Å². The third-order valence-electron chi connectivity index (χ3n) is 2.00. The molecular weight excluding hydrogens is 315 g/mol. The second-order valence-electron chi connectivity index (χ2n) is 3.02. The van der Waals surface area contributed by atoms with Crippen LogP contribution in [0, 0.1) is 0 Å². The van der Waals surface area contributed by atoms with E-state index in [1.165, 1.54) is 10.9 Å². The monoisotopic (exact) mass is 318 g/mol. The zero-order valence-corrected chi connectivity index (χ0v) is 10.9. The van der Waals surface area contributed by atoms with Gasteiger partial charge in [-0.1, -0.05) is 23.2 Å². The quantitative estimate of drug-likeness (QED) is 0.790. The lowest BCUT2D eigenvalue weighted by Gasteiger charge is -2.06. The van der Waals surface area contributed by atoms with Crippen molar-refractivity contribution in [1.29, 1.82) is 0 Å². The third-order valence-corrected chi connectivity index (χ3v) is 3.35. The molecule has 0 aliphatic rings. The average Bonchev–Trinajstić information content (AvgIpc) is 2.63. The van der Waals surface area contributed by atoms with Crippen molar-refractivity contribution in [2.45, 2.75) is 0 Å². The highest BCUT2D eigenvalue weighted by molar-refractivity contribution is 9.10. The van der Waals surface area contributed by atoms with Crippen LogP contribution in [0.15, 0.2) is 29.0 Å². The van der Waals surface area contributed by atoms with Crippen LogP contribution < -0.4 is 0 Å². The molecule has 0 amide bonds. The molecular formula is C10H5BrCl2N2O. The van der Waals surface area contributed by atoms with Gasteiger partial charge in [0.25, 0.3) is 0 Å². The highest BCUT2D eigenvalue weighted by Crippen LogP contribution is 2.27. The highest BCUT2D eigenvalue weighted by atomic mass is 79.9. The molecule has 0 bridgehead atoms. The van der Waals surface area contributed by atoms with Gasteiger partial charge in [0, 0.05) is 5.02 Å². The Morgan fingerprint density at radius 3 is 2.75 bits per heavy atom. The van der Waals surface area contributed by atoms with Crippen molar-refractivity contribution in [3.05, 3.63) is 44.6 Å². The van der Waals surface area contributed by atoms with Gasteiger partial charge in [0.05, 0.1) is 22.5 Å². The van der Waals surface area contributed by atoms with Gasteiger partial charge < -0.3 is 0 Å². The first-order chi connectivity index (χ1) is 7.63. The standard InChI is InChI=1S/C10H5BrCl2N2O/c11-10-6(5-16)4-14-15(10)9-3-7(12)1-2-8(9)13/h1-5H. The van der Waals surface area contributed by atoms with Crippen LogP contribution >= 0.6 is 39.1 Å². The molecule has 1 heterocycles. The summed E-state index contributed by atoms with van der Waals surface area (Å²) in [6, 6.07) is 5.04. The molecule has 0 unspecified atom stereocenters. The van der Waals surface area contributed by atoms with Crippen molar-refractivity contribution in [2.24, 2.45) is 0 Å². The van der Waals surface area contributed by atoms with Crippen LogP contribution in [0.4, 0.5) is 0 Å². The van der Waals surface area contributed by atoms with E-state index in [1.54, 1.807) is 18.2 Å². The molecule has 1 aromatic carbocycles. The van der Waals surface area contributed by atoms with Gasteiger partial charge in [-0.25, -0.2) is 4.68 Å². The maximum absolute atomic E-state index is 10.7. The van der Waals surface area contributed by atoms with Crippen LogP contribution in [0.1, 0.15) is 10.4 Å². The molecule has 0 fully saturated rings. The van der Waals surface area contributed by atoms with E-state index in [0.29, 0.717) is 32.2 Å². The Bertz CT molecular complexity index is 554. The fraction of sp³-hybridized carbons (Fsp3) is 0. The normalized spacial score (nSPS) is 10.4. The first kappa shape index (κ1) is 11.6. The Morgan fingerprint density at radius 2 is 2.12 bits per heavy atom. The van der Waals surface area contributed by atoms with Crippen LogP contribution in [0.2, 0.25) is 10.0 Å². The van der Waals surface area contributed by atoms with E-state index in [0.717, 1.165) is 0 Å². The maximum Gasteiger partial charge on any atom is 0.154 e. The maximum atomic E-state index is 10.7. The van der Waals surface area contributed by atoms with Crippen LogP contribution in [0.3, 0.4) is 0 Å². The Hall–Kier alpha value is -0.840. The first-order valence-electron chi connectivity index (χ1n) is 4.27. The number of rotatable bonds is 2. The van der Waals surface area contributed by atoms with Gasteiger partial charge in [-0.15, -0.1) is 0 Å². The molecule has 0 saturated carbocycles. The molecule has 0 radical (unpaired) electrons. The minimum atomic E-state index is 0.455. The van der Waals surface area contributed by atoms with Gasteiger partial charge in [0.2, 0.25) is 0 Å². The molecule has 82 valence electrons. The van der Waals surface area contributed by atoms with Crippen molar-refractivity contribution < 1.29 is 4.79 Å². The number of aldehydes is 1. The van der Waals surface area contributed by atoms with E-state index in [-0.39, 0.29) is 0 Å². The summed E-state index contributed by atoms with van der Waals surface area (Å²) in [5.74, 6) is 0. The zero-order valence-electron chi connectivity index (χ0n) is 7.82. The Morgan fingerprint density at radius 1 is 1.38 bits per heavy atom. The Labute approximate surface area is 110 Å². The number of benzene rings is 1. The van der Waals surface area contributed by atoms with Gasteiger partial charge in [-0.05, 0) is 34.1 Å². The number of carbonyl (C=O) groups excluding carboxylic acids is 1. The van der Waals surface area contributed by atoms with E-state index < -0.39 is 0 Å². The summed E-state index contributed by atoms with van der Waals surface area (Å²) in [5, 5.41) is 5.11. The van der Waals surface area contributed by atoms with Crippen molar-refractivity contribution >= 4 is 45.4 Å². The molecule has 2 aromatic rings. The molecule has 2 rings (SSSR count). The molecule has 0 aliphatic heterocycles. The number of halogens is 3. The summed E-state index contributed by atoms with van der Waals surface area (Å²) in [6.07, 6.45) is 2.17. The number of carbonyl (C=O) groups is 1. The molecule has 3 nitrogen and oxygen atoms in total. The van der Waals surface area contributed by atoms with Gasteiger partial charge in [-0.2, -0.15) is 5.10 Å². The number of hydrogen-bond donors (Lipinski definition) is 0. The second kappa shape index (κ2) is 4.57. The van der Waals surface area contributed by atoms with Gasteiger partial charge in [0.15, 0.2) is 6.29 Å². The molecule has 0 saturated heterocycles. The summed E-state index contributed by atoms with van der Waals surface area (Å²) in [4.78, 5) is 10.7.